The van der Waals surface area contributed by atoms with Crippen LogP contribution in [0.3, 0.4) is 0 Å². The van der Waals surface area contributed by atoms with E-state index in [9.17, 15) is 17.6 Å². The summed E-state index contributed by atoms with van der Waals surface area (Å²) in [4.78, 5) is 10.6. The van der Waals surface area contributed by atoms with Crippen molar-refractivity contribution in [2.75, 3.05) is 19.6 Å². The molecule has 108 valence electrons. The number of halogens is 1. The number of amides is 1. The fourth-order valence-corrected chi connectivity index (χ4v) is 3.80. The molecule has 2 rings (SSSR count). The Morgan fingerprint density at radius 3 is 2.75 bits per heavy atom. The SMILES string of the molecule is NC(=S)c1c(F)cccc1S(=O)(=O)N1CCNC(=O)C1. The third kappa shape index (κ3) is 2.65. The average Bonchev–Trinajstić information content (AvgIpc) is 2.38. The van der Waals surface area contributed by atoms with E-state index in [1.165, 1.54) is 12.1 Å². The Kier molecular flexibility index (Phi) is 4.02. The normalized spacial score (nSPS) is 16.8. The van der Waals surface area contributed by atoms with E-state index >= 15 is 0 Å². The largest absolute Gasteiger partial charge is 0.389 e. The summed E-state index contributed by atoms with van der Waals surface area (Å²) in [5.74, 6) is -1.21. The van der Waals surface area contributed by atoms with Crippen LogP contribution >= 0.6 is 12.2 Å². The predicted molar refractivity (Wildman–Crippen MR) is 74.1 cm³/mol. The fourth-order valence-electron chi connectivity index (χ4n) is 1.92. The number of rotatable bonds is 3. The molecule has 0 aliphatic carbocycles. The molecule has 20 heavy (non-hydrogen) atoms. The predicted octanol–water partition coefficient (Wildman–Crippen LogP) is -0.420. The Labute approximate surface area is 120 Å². The van der Waals surface area contributed by atoms with Crippen molar-refractivity contribution in [3.63, 3.8) is 0 Å². The van der Waals surface area contributed by atoms with Gasteiger partial charge in [-0.15, -0.1) is 0 Å². The van der Waals surface area contributed by atoms with Crippen LogP contribution in [0.2, 0.25) is 0 Å². The van der Waals surface area contributed by atoms with Crippen molar-refractivity contribution >= 4 is 33.1 Å². The Hall–Kier alpha value is -1.58. The lowest BCUT2D eigenvalue weighted by Crippen LogP contribution is -2.50. The summed E-state index contributed by atoms with van der Waals surface area (Å²) in [6.07, 6.45) is 0. The maximum atomic E-state index is 13.7. The molecule has 9 heteroatoms. The second kappa shape index (κ2) is 5.43. The number of carbonyl (C=O) groups excluding carboxylic acids is 1. The zero-order chi connectivity index (χ0) is 14.9. The van der Waals surface area contributed by atoms with E-state index in [2.05, 4.69) is 5.32 Å². The number of hydrogen-bond acceptors (Lipinski definition) is 4. The van der Waals surface area contributed by atoms with Crippen molar-refractivity contribution in [1.29, 1.82) is 0 Å². The number of sulfonamides is 1. The number of hydrogen-bond donors (Lipinski definition) is 2. The molecule has 1 amide bonds. The Bertz CT molecular complexity index is 675. The van der Waals surface area contributed by atoms with E-state index < -0.39 is 21.7 Å². The van der Waals surface area contributed by atoms with Crippen LogP contribution in [0, 0.1) is 5.82 Å². The lowest BCUT2D eigenvalue weighted by molar-refractivity contribution is -0.122. The number of nitrogens with two attached hydrogens (primary N) is 1. The number of piperazine rings is 1. The molecule has 1 heterocycles. The second-order valence-corrected chi connectivity index (χ2v) is 6.51. The third-order valence-electron chi connectivity index (χ3n) is 2.84. The van der Waals surface area contributed by atoms with E-state index in [0.717, 1.165) is 10.4 Å². The average molecular weight is 317 g/mol. The Balaban J connectivity index is 2.52. The number of nitrogens with one attached hydrogen (secondary N) is 1. The van der Waals surface area contributed by atoms with Crippen molar-refractivity contribution in [3.8, 4) is 0 Å². The van der Waals surface area contributed by atoms with Crippen LogP contribution in [0.15, 0.2) is 23.1 Å². The molecule has 0 saturated carbocycles. The van der Waals surface area contributed by atoms with Gasteiger partial charge in [0.15, 0.2) is 0 Å². The van der Waals surface area contributed by atoms with E-state index in [1.54, 1.807) is 0 Å². The summed E-state index contributed by atoms with van der Waals surface area (Å²) in [6.45, 7) is 0.00671. The van der Waals surface area contributed by atoms with Crippen LogP contribution < -0.4 is 11.1 Å². The van der Waals surface area contributed by atoms with Gasteiger partial charge in [0.25, 0.3) is 0 Å². The molecule has 6 nitrogen and oxygen atoms in total. The van der Waals surface area contributed by atoms with Gasteiger partial charge in [0, 0.05) is 13.1 Å². The van der Waals surface area contributed by atoms with Crippen molar-refractivity contribution in [2.24, 2.45) is 5.73 Å². The van der Waals surface area contributed by atoms with Crippen LogP contribution in [0.1, 0.15) is 5.56 Å². The Morgan fingerprint density at radius 2 is 2.15 bits per heavy atom. The summed E-state index contributed by atoms with van der Waals surface area (Å²) < 4.78 is 39.7. The minimum Gasteiger partial charge on any atom is -0.389 e. The van der Waals surface area contributed by atoms with Gasteiger partial charge in [0.1, 0.15) is 10.8 Å². The van der Waals surface area contributed by atoms with Crippen molar-refractivity contribution in [1.82, 2.24) is 9.62 Å². The van der Waals surface area contributed by atoms with Gasteiger partial charge in [-0.3, -0.25) is 4.79 Å². The molecule has 0 radical (unpaired) electrons. The van der Waals surface area contributed by atoms with Gasteiger partial charge < -0.3 is 11.1 Å². The quantitative estimate of drug-likeness (QED) is 0.739. The fraction of sp³-hybridized carbons (Fsp3) is 0.273. The maximum absolute atomic E-state index is 13.7. The smallest absolute Gasteiger partial charge is 0.244 e. The van der Waals surface area contributed by atoms with Gasteiger partial charge >= 0.3 is 0 Å². The first-order valence-corrected chi connectivity index (χ1v) is 7.54. The first-order valence-electron chi connectivity index (χ1n) is 5.69. The maximum Gasteiger partial charge on any atom is 0.244 e. The summed E-state index contributed by atoms with van der Waals surface area (Å²) in [6, 6.07) is 3.56. The van der Waals surface area contributed by atoms with Crippen LogP contribution in [-0.4, -0.2) is 43.3 Å². The molecule has 1 saturated heterocycles. The van der Waals surface area contributed by atoms with Gasteiger partial charge in [-0.25, -0.2) is 12.8 Å². The molecule has 1 aliphatic rings. The summed E-state index contributed by atoms with van der Waals surface area (Å²) in [5, 5.41) is 2.51. The van der Waals surface area contributed by atoms with Gasteiger partial charge in [-0.1, -0.05) is 18.3 Å². The molecular weight excluding hydrogens is 305 g/mol. The minimum atomic E-state index is -4.03. The summed E-state index contributed by atoms with van der Waals surface area (Å²) in [7, 11) is -4.03. The van der Waals surface area contributed by atoms with Gasteiger partial charge in [-0.05, 0) is 12.1 Å². The second-order valence-electron chi connectivity index (χ2n) is 4.17. The summed E-state index contributed by atoms with van der Waals surface area (Å²) >= 11 is 4.71. The lowest BCUT2D eigenvalue weighted by Gasteiger charge is -2.26. The van der Waals surface area contributed by atoms with Gasteiger partial charge in [0.05, 0.1) is 17.0 Å². The highest BCUT2D eigenvalue weighted by Crippen LogP contribution is 2.23. The summed E-state index contributed by atoms with van der Waals surface area (Å²) in [5.41, 5.74) is 5.07. The Morgan fingerprint density at radius 1 is 1.45 bits per heavy atom. The van der Waals surface area contributed by atoms with E-state index in [0.29, 0.717) is 0 Å². The molecule has 0 bridgehead atoms. The number of benzene rings is 1. The third-order valence-corrected chi connectivity index (χ3v) is 4.93. The number of carbonyl (C=O) groups is 1. The highest BCUT2D eigenvalue weighted by atomic mass is 32.2. The molecule has 0 aromatic heterocycles. The highest BCUT2D eigenvalue weighted by molar-refractivity contribution is 7.89. The molecule has 0 atom stereocenters. The van der Waals surface area contributed by atoms with Crippen LogP contribution in [0.4, 0.5) is 4.39 Å². The van der Waals surface area contributed by atoms with Gasteiger partial charge in [0.2, 0.25) is 15.9 Å². The first-order chi connectivity index (χ1) is 9.34. The highest BCUT2D eigenvalue weighted by Gasteiger charge is 2.32. The molecule has 1 aliphatic heterocycles. The van der Waals surface area contributed by atoms with Crippen molar-refractivity contribution in [2.45, 2.75) is 4.90 Å². The molecule has 3 N–H and O–H groups in total. The standard InChI is InChI=1S/C11H12FN3O3S2/c12-7-2-1-3-8(10(7)11(13)19)20(17,18)15-5-4-14-9(16)6-15/h1-3H,4-6H2,(H2,13,19)(H,14,16). The van der Waals surface area contributed by atoms with Gasteiger partial charge in [-0.2, -0.15) is 4.31 Å². The molecule has 0 spiro atoms. The van der Waals surface area contributed by atoms with Crippen LogP contribution in [-0.2, 0) is 14.8 Å². The zero-order valence-electron chi connectivity index (χ0n) is 10.3. The number of thiocarbonyl (C=S) groups is 1. The lowest BCUT2D eigenvalue weighted by atomic mass is 10.2. The van der Waals surface area contributed by atoms with Crippen molar-refractivity contribution < 1.29 is 17.6 Å². The van der Waals surface area contributed by atoms with E-state index in [4.69, 9.17) is 18.0 Å². The molecule has 1 aromatic carbocycles. The molecule has 1 fully saturated rings. The van der Waals surface area contributed by atoms with E-state index in [1.807, 2.05) is 0 Å². The molecule has 1 aromatic rings. The number of nitrogens with zero attached hydrogens (tertiary/aromatic N) is 1. The topological polar surface area (TPSA) is 92.5 Å². The molecular formula is C11H12FN3O3S2. The zero-order valence-corrected chi connectivity index (χ0v) is 11.9. The first kappa shape index (κ1) is 14.8. The monoisotopic (exact) mass is 317 g/mol. The van der Waals surface area contributed by atoms with Crippen LogP contribution in [0.5, 0.6) is 0 Å². The minimum absolute atomic E-state index is 0.112. The van der Waals surface area contributed by atoms with Crippen LogP contribution in [0.25, 0.3) is 0 Å². The molecule has 0 unspecified atom stereocenters. The van der Waals surface area contributed by atoms with E-state index in [-0.39, 0.29) is 35.1 Å². The van der Waals surface area contributed by atoms with Crippen molar-refractivity contribution in [3.05, 3.63) is 29.6 Å².